The molecule has 21 heavy (non-hydrogen) atoms. The van der Waals surface area contributed by atoms with E-state index in [4.69, 9.17) is 17.3 Å². The first-order chi connectivity index (χ1) is 9.61. The van der Waals surface area contributed by atoms with Crippen LogP contribution >= 0.6 is 35.8 Å². The molecule has 1 fully saturated rings. The first-order valence-electron chi connectivity index (χ1n) is 7.04. The third kappa shape index (κ3) is 5.06. The van der Waals surface area contributed by atoms with E-state index in [0.717, 1.165) is 24.3 Å². The van der Waals surface area contributed by atoms with Crippen molar-refractivity contribution in [3.05, 3.63) is 29.3 Å². The van der Waals surface area contributed by atoms with Gasteiger partial charge in [0.15, 0.2) is 0 Å². The van der Waals surface area contributed by atoms with E-state index in [1.165, 1.54) is 6.42 Å². The molecule has 1 saturated heterocycles. The highest BCUT2D eigenvalue weighted by Crippen LogP contribution is 2.27. The minimum absolute atomic E-state index is 0. The summed E-state index contributed by atoms with van der Waals surface area (Å²) >= 11 is 7.45. The predicted molar refractivity (Wildman–Crippen MR) is 92.4 cm³/mol. The van der Waals surface area contributed by atoms with Gasteiger partial charge < -0.3 is 10.6 Å². The predicted octanol–water partition coefficient (Wildman–Crippen LogP) is 3.58. The van der Waals surface area contributed by atoms with Crippen molar-refractivity contribution in [2.75, 3.05) is 13.1 Å². The number of benzene rings is 1. The monoisotopic (exact) mass is 348 g/mol. The standard InChI is InChI=1S/C15H21ClN2OS.ClH/c1-11(20-14-7-5-12(16)6-8-14)15(19)18-9-3-2-4-13(18)10-17;/h5-8,11,13H,2-4,9-10,17H2,1H3;1H. The summed E-state index contributed by atoms with van der Waals surface area (Å²) in [5.41, 5.74) is 5.79. The highest BCUT2D eigenvalue weighted by Gasteiger charge is 2.29. The van der Waals surface area contributed by atoms with Crippen molar-refractivity contribution in [2.24, 2.45) is 5.73 Å². The van der Waals surface area contributed by atoms with Crippen LogP contribution in [0.2, 0.25) is 5.02 Å². The quantitative estimate of drug-likeness (QED) is 0.845. The van der Waals surface area contributed by atoms with E-state index in [1.54, 1.807) is 11.8 Å². The van der Waals surface area contributed by atoms with Crippen molar-refractivity contribution in [1.82, 2.24) is 4.90 Å². The summed E-state index contributed by atoms with van der Waals surface area (Å²) in [7, 11) is 0. The molecule has 2 N–H and O–H groups in total. The summed E-state index contributed by atoms with van der Waals surface area (Å²) in [6.45, 7) is 3.36. The number of rotatable bonds is 4. The minimum Gasteiger partial charge on any atom is -0.337 e. The largest absolute Gasteiger partial charge is 0.337 e. The number of halogens is 2. The number of thioether (sulfide) groups is 1. The topological polar surface area (TPSA) is 46.3 Å². The molecule has 1 amide bonds. The fourth-order valence-electron chi connectivity index (χ4n) is 2.54. The smallest absolute Gasteiger partial charge is 0.236 e. The molecule has 1 aliphatic rings. The fraction of sp³-hybridized carbons (Fsp3) is 0.533. The summed E-state index contributed by atoms with van der Waals surface area (Å²) < 4.78 is 0. The Morgan fingerprint density at radius 2 is 2.10 bits per heavy atom. The second kappa shape index (κ2) is 8.89. The molecule has 3 nitrogen and oxygen atoms in total. The van der Waals surface area contributed by atoms with Crippen molar-refractivity contribution >= 4 is 41.7 Å². The Morgan fingerprint density at radius 3 is 2.71 bits per heavy atom. The molecule has 1 heterocycles. The lowest BCUT2D eigenvalue weighted by Crippen LogP contribution is -2.49. The van der Waals surface area contributed by atoms with E-state index in [1.807, 2.05) is 36.1 Å². The van der Waals surface area contributed by atoms with Gasteiger partial charge in [-0.1, -0.05) is 11.6 Å². The molecular formula is C15H22Cl2N2OS. The average molecular weight is 349 g/mol. The number of nitrogens with two attached hydrogens (primary N) is 1. The summed E-state index contributed by atoms with van der Waals surface area (Å²) in [5.74, 6) is 0.195. The summed E-state index contributed by atoms with van der Waals surface area (Å²) in [6.07, 6.45) is 3.28. The lowest BCUT2D eigenvalue weighted by Gasteiger charge is -2.36. The normalized spacial score (nSPS) is 19.8. The third-order valence-corrected chi connectivity index (χ3v) is 5.01. The summed E-state index contributed by atoms with van der Waals surface area (Å²) in [4.78, 5) is 15.6. The molecule has 1 aromatic carbocycles. The molecule has 0 aliphatic carbocycles. The third-order valence-electron chi connectivity index (χ3n) is 3.66. The van der Waals surface area contributed by atoms with Gasteiger partial charge in [-0.05, 0) is 50.5 Å². The Labute approximate surface area is 142 Å². The van der Waals surface area contributed by atoms with Gasteiger partial charge in [0, 0.05) is 29.0 Å². The molecule has 0 aromatic heterocycles. The Morgan fingerprint density at radius 1 is 1.43 bits per heavy atom. The first-order valence-corrected chi connectivity index (χ1v) is 8.30. The number of amides is 1. The van der Waals surface area contributed by atoms with Crippen LogP contribution in [0.4, 0.5) is 0 Å². The minimum atomic E-state index is -0.0941. The van der Waals surface area contributed by atoms with Gasteiger partial charge in [-0.25, -0.2) is 0 Å². The second-order valence-corrected chi connectivity index (χ2v) is 6.98. The molecule has 0 radical (unpaired) electrons. The van der Waals surface area contributed by atoms with Crippen LogP contribution in [0.25, 0.3) is 0 Å². The molecule has 1 aliphatic heterocycles. The number of carbonyl (C=O) groups excluding carboxylic acids is 1. The molecule has 6 heteroatoms. The van der Waals surface area contributed by atoms with Crippen LogP contribution in [0.15, 0.2) is 29.2 Å². The lowest BCUT2D eigenvalue weighted by molar-refractivity contribution is -0.133. The molecule has 0 bridgehead atoms. The van der Waals surface area contributed by atoms with E-state index in [9.17, 15) is 4.79 Å². The molecule has 118 valence electrons. The van der Waals surface area contributed by atoms with Crippen LogP contribution in [0.1, 0.15) is 26.2 Å². The van der Waals surface area contributed by atoms with Crippen molar-refractivity contribution in [1.29, 1.82) is 0 Å². The van der Waals surface area contributed by atoms with E-state index >= 15 is 0 Å². The van der Waals surface area contributed by atoms with E-state index in [0.29, 0.717) is 11.6 Å². The van der Waals surface area contributed by atoms with Gasteiger partial charge in [-0.3, -0.25) is 4.79 Å². The lowest BCUT2D eigenvalue weighted by atomic mass is 10.0. The number of piperidine rings is 1. The highest BCUT2D eigenvalue weighted by atomic mass is 35.5. The van der Waals surface area contributed by atoms with Crippen LogP contribution < -0.4 is 5.73 Å². The number of hydrogen-bond acceptors (Lipinski definition) is 3. The van der Waals surface area contributed by atoms with Crippen molar-refractivity contribution < 1.29 is 4.79 Å². The van der Waals surface area contributed by atoms with Gasteiger partial charge in [0.25, 0.3) is 0 Å². The summed E-state index contributed by atoms with van der Waals surface area (Å²) in [5, 5.41) is 0.621. The van der Waals surface area contributed by atoms with Gasteiger partial charge in [-0.15, -0.1) is 24.2 Å². The maximum atomic E-state index is 12.6. The Balaban J connectivity index is 0.00000220. The van der Waals surface area contributed by atoms with Crippen LogP contribution in [0.5, 0.6) is 0 Å². The highest BCUT2D eigenvalue weighted by molar-refractivity contribution is 8.00. The van der Waals surface area contributed by atoms with E-state index in [2.05, 4.69) is 0 Å². The Hall–Kier alpha value is -0.420. The Bertz CT molecular complexity index is 455. The molecule has 0 saturated carbocycles. The SMILES string of the molecule is CC(Sc1ccc(Cl)cc1)C(=O)N1CCCCC1CN.Cl. The zero-order chi connectivity index (χ0) is 14.5. The van der Waals surface area contributed by atoms with Crippen molar-refractivity contribution in [3.8, 4) is 0 Å². The maximum absolute atomic E-state index is 12.6. The first kappa shape index (κ1) is 18.6. The molecule has 2 atom stereocenters. The zero-order valence-electron chi connectivity index (χ0n) is 12.1. The van der Waals surface area contributed by atoms with E-state index in [-0.39, 0.29) is 29.6 Å². The molecular weight excluding hydrogens is 327 g/mol. The molecule has 2 unspecified atom stereocenters. The van der Waals surface area contributed by atoms with Crippen LogP contribution in [-0.4, -0.2) is 35.2 Å². The van der Waals surface area contributed by atoms with E-state index < -0.39 is 0 Å². The number of hydrogen-bond donors (Lipinski definition) is 1. The van der Waals surface area contributed by atoms with Gasteiger partial charge >= 0.3 is 0 Å². The van der Waals surface area contributed by atoms with Gasteiger partial charge in [0.05, 0.1) is 5.25 Å². The van der Waals surface area contributed by atoms with Gasteiger partial charge in [0.2, 0.25) is 5.91 Å². The summed E-state index contributed by atoms with van der Waals surface area (Å²) in [6, 6.07) is 7.82. The maximum Gasteiger partial charge on any atom is 0.236 e. The second-order valence-electron chi connectivity index (χ2n) is 5.13. The van der Waals surface area contributed by atoms with Crippen LogP contribution in [-0.2, 0) is 4.79 Å². The van der Waals surface area contributed by atoms with Crippen molar-refractivity contribution in [3.63, 3.8) is 0 Å². The Kier molecular flexibility index (Phi) is 7.88. The number of carbonyl (C=O) groups is 1. The van der Waals surface area contributed by atoms with Gasteiger partial charge in [0.1, 0.15) is 0 Å². The number of nitrogens with zero attached hydrogens (tertiary/aromatic N) is 1. The molecule has 1 aromatic rings. The van der Waals surface area contributed by atoms with Crippen molar-refractivity contribution in [2.45, 2.75) is 42.4 Å². The van der Waals surface area contributed by atoms with Crippen LogP contribution in [0.3, 0.4) is 0 Å². The zero-order valence-corrected chi connectivity index (χ0v) is 14.5. The fourth-order valence-corrected chi connectivity index (χ4v) is 3.60. The van der Waals surface area contributed by atoms with Gasteiger partial charge in [-0.2, -0.15) is 0 Å². The average Bonchev–Trinajstić information content (AvgIpc) is 2.48. The number of likely N-dealkylation sites (tertiary alicyclic amines) is 1. The molecule has 0 spiro atoms. The molecule has 2 rings (SSSR count). The van der Waals surface area contributed by atoms with Crippen LogP contribution in [0, 0.1) is 0 Å².